The average Bonchev–Trinajstić information content (AvgIpc) is 2.73. The van der Waals surface area contributed by atoms with Crippen LogP contribution in [-0.4, -0.2) is 18.3 Å². The number of rotatable bonds is 4. The van der Waals surface area contributed by atoms with E-state index in [0.717, 1.165) is 13.2 Å². The monoisotopic (exact) mass is 273 g/mol. The lowest BCUT2D eigenvalue weighted by atomic mass is 9.92. The first kappa shape index (κ1) is 15.1. The summed E-state index contributed by atoms with van der Waals surface area (Å²) in [4.78, 5) is 0. The molecule has 20 heavy (non-hydrogen) atoms. The molecular weight excluding hydrogens is 246 g/mol. The molecule has 0 saturated carbocycles. The van der Waals surface area contributed by atoms with Gasteiger partial charge in [-0.3, -0.25) is 0 Å². The maximum absolute atomic E-state index is 5.29. The summed E-state index contributed by atoms with van der Waals surface area (Å²) < 4.78 is 7.71. The standard InChI is InChI=1S/C18H27NO/c1-13(2)14-7-8-15-12-17(18(3,4)5)19(9-10-20-6)16(15)11-14/h7-8,11-13H,9-10H2,1-6H3. The number of hydrogen-bond donors (Lipinski definition) is 0. The highest BCUT2D eigenvalue weighted by molar-refractivity contribution is 5.82. The van der Waals surface area contributed by atoms with Gasteiger partial charge >= 0.3 is 0 Å². The highest BCUT2D eigenvalue weighted by atomic mass is 16.5. The van der Waals surface area contributed by atoms with Crippen molar-refractivity contribution in [2.75, 3.05) is 13.7 Å². The van der Waals surface area contributed by atoms with Gasteiger partial charge < -0.3 is 9.30 Å². The molecule has 1 aromatic carbocycles. The molecule has 0 bridgehead atoms. The predicted molar refractivity (Wildman–Crippen MR) is 86.6 cm³/mol. The van der Waals surface area contributed by atoms with Crippen molar-refractivity contribution in [1.29, 1.82) is 0 Å². The summed E-state index contributed by atoms with van der Waals surface area (Å²) in [5, 5.41) is 1.33. The van der Waals surface area contributed by atoms with Crippen LogP contribution in [0.5, 0.6) is 0 Å². The van der Waals surface area contributed by atoms with Crippen molar-refractivity contribution < 1.29 is 4.74 Å². The summed E-state index contributed by atoms with van der Waals surface area (Å²) >= 11 is 0. The third-order valence-electron chi connectivity index (χ3n) is 3.88. The largest absolute Gasteiger partial charge is 0.383 e. The third kappa shape index (κ3) is 2.90. The number of ether oxygens (including phenoxy) is 1. The summed E-state index contributed by atoms with van der Waals surface area (Å²) in [5.41, 5.74) is 4.25. The Kier molecular flexibility index (Phi) is 4.24. The van der Waals surface area contributed by atoms with E-state index in [1.54, 1.807) is 7.11 Å². The zero-order valence-electron chi connectivity index (χ0n) is 13.7. The van der Waals surface area contributed by atoms with Gasteiger partial charge in [-0.1, -0.05) is 46.8 Å². The van der Waals surface area contributed by atoms with Crippen molar-refractivity contribution in [3.05, 3.63) is 35.5 Å². The fraction of sp³-hybridized carbons (Fsp3) is 0.556. The van der Waals surface area contributed by atoms with Crippen molar-refractivity contribution >= 4 is 10.9 Å². The zero-order valence-corrected chi connectivity index (χ0v) is 13.7. The molecule has 2 aromatic rings. The lowest BCUT2D eigenvalue weighted by molar-refractivity contribution is 0.186. The van der Waals surface area contributed by atoms with E-state index in [1.807, 2.05) is 0 Å². The molecule has 0 spiro atoms. The van der Waals surface area contributed by atoms with Crippen molar-refractivity contribution in [3.8, 4) is 0 Å². The second kappa shape index (κ2) is 5.61. The third-order valence-corrected chi connectivity index (χ3v) is 3.88. The fourth-order valence-corrected chi connectivity index (χ4v) is 2.68. The van der Waals surface area contributed by atoms with Gasteiger partial charge in [0.25, 0.3) is 0 Å². The van der Waals surface area contributed by atoms with E-state index in [0.29, 0.717) is 5.92 Å². The molecule has 0 aliphatic carbocycles. The van der Waals surface area contributed by atoms with Crippen LogP contribution in [0.4, 0.5) is 0 Å². The minimum absolute atomic E-state index is 0.144. The molecule has 0 saturated heterocycles. The summed E-state index contributed by atoms with van der Waals surface area (Å²) in [5.74, 6) is 0.559. The van der Waals surface area contributed by atoms with Crippen molar-refractivity contribution in [1.82, 2.24) is 4.57 Å². The van der Waals surface area contributed by atoms with Crippen LogP contribution in [-0.2, 0) is 16.7 Å². The number of nitrogens with zero attached hydrogens (tertiary/aromatic N) is 1. The van der Waals surface area contributed by atoms with Gasteiger partial charge in [0.05, 0.1) is 6.61 Å². The Bertz CT molecular complexity index is 587. The van der Waals surface area contributed by atoms with Crippen molar-refractivity contribution in [2.24, 2.45) is 0 Å². The number of benzene rings is 1. The van der Waals surface area contributed by atoms with Gasteiger partial charge in [0.15, 0.2) is 0 Å². The Morgan fingerprint density at radius 2 is 1.85 bits per heavy atom. The minimum atomic E-state index is 0.144. The maximum Gasteiger partial charge on any atom is 0.0642 e. The Morgan fingerprint density at radius 1 is 1.15 bits per heavy atom. The summed E-state index contributed by atoms with van der Waals surface area (Å²) in [6, 6.07) is 9.17. The highest BCUT2D eigenvalue weighted by Gasteiger charge is 2.21. The smallest absolute Gasteiger partial charge is 0.0642 e. The van der Waals surface area contributed by atoms with E-state index in [9.17, 15) is 0 Å². The fourth-order valence-electron chi connectivity index (χ4n) is 2.68. The zero-order chi connectivity index (χ0) is 14.9. The molecule has 0 fully saturated rings. The molecule has 0 amide bonds. The highest BCUT2D eigenvalue weighted by Crippen LogP contribution is 2.31. The Hall–Kier alpha value is -1.28. The average molecular weight is 273 g/mol. The molecule has 2 rings (SSSR count). The molecule has 110 valence electrons. The van der Waals surface area contributed by atoms with Gasteiger partial charge in [-0.15, -0.1) is 0 Å². The second-order valence-electron chi connectivity index (χ2n) is 6.90. The van der Waals surface area contributed by atoms with Gasteiger partial charge in [-0.25, -0.2) is 0 Å². The van der Waals surface area contributed by atoms with Crippen LogP contribution in [0.1, 0.15) is 51.8 Å². The Balaban J connectivity index is 2.62. The first-order chi connectivity index (χ1) is 9.34. The molecule has 0 aliphatic heterocycles. The lowest BCUT2D eigenvalue weighted by Crippen LogP contribution is -2.19. The van der Waals surface area contributed by atoms with Crippen LogP contribution in [0.25, 0.3) is 10.9 Å². The van der Waals surface area contributed by atoms with E-state index in [-0.39, 0.29) is 5.41 Å². The summed E-state index contributed by atoms with van der Waals surface area (Å²) in [6.45, 7) is 13.0. The van der Waals surface area contributed by atoms with E-state index < -0.39 is 0 Å². The van der Waals surface area contributed by atoms with Gasteiger partial charge in [0.1, 0.15) is 0 Å². The maximum atomic E-state index is 5.29. The minimum Gasteiger partial charge on any atom is -0.383 e. The molecule has 0 aliphatic rings. The van der Waals surface area contributed by atoms with Crippen molar-refractivity contribution in [2.45, 2.75) is 52.5 Å². The molecule has 1 aromatic heterocycles. The van der Waals surface area contributed by atoms with Gasteiger partial charge in [0, 0.05) is 30.3 Å². The predicted octanol–water partition coefficient (Wildman–Crippen LogP) is 4.71. The van der Waals surface area contributed by atoms with Gasteiger partial charge in [-0.2, -0.15) is 0 Å². The first-order valence-electron chi connectivity index (χ1n) is 7.47. The Morgan fingerprint density at radius 3 is 2.40 bits per heavy atom. The number of fused-ring (bicyclic) bond motifs is 1. The number of methoxy groups -OCH3 is 1. The van der Waals surface area contributed by atoms with Crippen LogP contribution in [0.15, 0.2) is 24.3 Å². The molecule has 0 atom stereocenters. The molecule has 0 N–H and O–H groups in total. The molecular formula is C18H27NO. The van der Waals surface area contributed by atoms with Crippen molar-refractivity contribution in [3.63, 3.8) is 0 Å². The van der Waals surface area contributed by atoms with Gasteiger partial charge in [0.2, 0.25) is 0 Å². The molecule has 2 nitrogen and oxygen atoms in total. The van der Waals surface area contributed by atoms with E-state index >= 15 is 0 Å². The molecule has 0 radical (unpaired) electrons. The molecule has 2 heteroatoms. The lowest BCUT2D eigenvalue weighted by Gasteiger charge is -2.22. The Labute approximate surface area is 122 Å². The van der Waals surface area contributed by atoms with Crippen LogP contribution in [0, 0.1) is 0 Å². The molecule has 0 unspecified atom stereocenters. The topological polar surface area (TPSA) is 14.2 Å². The summed E-state index contributed by atoms with van der Waals surface area (Å²) in [6.07, 6.45) is 0. The first-order valence-corrected chi connectivity index (χ1v) is 7.47. The van der Waals surface area contributed by atoms with E-state index in [1.165, 1.54) is 22.2 Å². The van der Waals surface area contributed by atoms with Gasteiger partial charge in [-0.05, 0) is 29.0 Å². The van der Waals surface area contributed by atoms with Crippen LogP contribution in [0.2, 0.25) is 0 Å². The van der Waals surface area contributed by atoms with E-state index in [2.05, 4.69) is 63.5 Å². The van der Waals surface area contributed by atoms with Crippen LogP contribution in [0.3, 0.4) is 0 Å². The number of aromatic nitrogens is 1. The van der Waals surface area contributed by atoms with Crippen LogP contribution >= 0.6 is 0 Å². The van der Waals surface area contributed by atoms with E-state index in [4.69, 9.17) is 4.74 Å². The number of hydrogen-bond acceptors (Lipinski definition) is 1. The SMILES string of the molecule is COCCn1c(C(C)(C)C)cc2ccc(C(C)C)cc21. The molecule has 1 heterocycles. The summed E-state index contributed by atoms with van der Waals surface area (Å²) in [7, 11) is 1.77. The van der Waals surface area contributed by atoms with Crippen LogP contribution < -0.4 is 0 Å². The normalized spacial score (nSPS) is 12.6. The second-order valence-corrected chi connectivity index (χ2v) is 6.90. The quantitative estimate of drug-likeness (QED) is 0.787.